The number of para-hydroxylation sites is 1. The van der Waals surface area contributed by atoms with Crippen LogP contribution in [0.4, 0.5) is 0 Å². The minimum atomic E-state index is 0.734. The predicted molar refractivity (Wildman–Crippen MR) is 109 cm³/mol. The molecule has 152 valence electrons. The Kier molecular flexibility index (Phi) is 6.02. The number of tetrazole rings is 1. The van der Waals surface area contributed by atoms with Crippen molar-refractivity contribution < 1.29 is 9.47 Å². The van der Waals surface area contributed by atoms with Gasteiger partial charge in [-0.1, -0.05) is 18.2 Å². The number of hydrogen-bond donors (Lipinski definition) is 0. The summed E-state index contributed by atoms with van der Waals surface area (Å²) in [6.45, 7) is 5.47. The van der Waals surface area contributed by atoms with Gasteiger partial charge in [0.15, 0.2) is 5.82 Å². The standard InChI is InChI=1S/C21H26N6O2/c1-28-19-8-9-20(29-2)17(14-19)15-25-10-12-26(13-11-25)16-21-22-23-24-27(21)18-6-4-3-5-7-18/h3-9,14H,10-13,15-16H2,1-2H3. The van der Waals surface area contributed by atoms with Gasteiger partial charge >= 0.3 is 0 Å². The van der Waals surface area contributed by atoms with Crippen LogP contribution in [0, 0.1) is 0 Å². The molecule has 1 aliphatic heterocycles. The molecule has 1 aromatic heterocycles. The van der Waals surface area contributed by atoms with E-state index in [4.69, 9.17) is 9.47 Å². The van der Waals surface area contributed by atoms with Gasteiger partial charge in [-0.25, -0.2) is 0 Å². The average Bonchev–Trinajstić information content (AvgIpc) is 3.24. The molecule has 1 fully saturated rings. The lowest BCUT2D eigenvalue weighted by molar-refractivity contribution is 0.118. The van der Waals surface area contributed by atoms with E-state index in [2.05, 4.69) is 31.4 Å². The lowest BCUT2D eigenvalue weighted by Gasteiger charge is -2.34. The molecule has 2 heterocycles. The van der Waals surface area contributed by atoms with Gasteiger partial charge in [0, 0.05) is 38.3 Å². The van der Waals surface area contributed by atoms with Gasteiger partial charge in [0.2, 0.25) is 0 Å². The second-order valence-corrected chi connectivity index (χ2v) is 7.07. The van der Waals surface area contributed by atoms with Crippen molar-refractivity contribution in [1.29, 1.82) is 0 Å². The number of aromatic nitrogens is 4. The first-order valence-electron chi connectivity index (χ1n) is 9.75. The molecule has 1 aliphatic rings. The highest BCUT2D eigenvalue weighted by atomic mass is 16.5. The number of nitrogens with zero attached hydrogens (tertiary/aromatic N) is 6. The number of methoxy groups -OCH3 is 2. The number of hydrogen-bond acceptors (Lipinski definition) is 7. The van der Waals surface area contributed by atoms with Crippen molar-refractivity contribution in [3.8, 4) is 17.2 Å². The predicted octanol–water partition coefficient (Wildman–Crippen LogP) is 2.00. The zero-order valence-corrected chi connectivity index (χ0v) is 16.9. The van der Waals surface area contributed by atoms with Crippen LogP contribution < -0.4 is 9.47 Å². The van der Waals surface area contributed by atoms with Gasteiger partial charge in [-0.3, -0.25) is 9.80 Å². The summed E-state index contributed by atoms with van der Waals surface area (Å²) in [4.78, 5) is 4.83. The number of rotatable bonds is 7. The summed E-state index contributed by atoms with van der Waals surface area (Å²) in [6.07, 6.45) is 0. The highest BCUT2D eigenvalue weighted by Crippen LogP contribution is 2.25. The third-order valence-corrected chi connectivity index (χ3v) is 5.25. The first kappa shape index (κ1) is 19.4. The smallest absolute Gasteiger partial charge is 0.170 e. The van der Waals surface area contributed by atoms with E-state index in [1.807, 2.05) is 47.1 Å². The van der Waals surface area contributed by atoms with Crippen molar-refractivity contribution >= 4 is 0 Å². The fraction of sp³-hybridized carbons (Fsp3) is 0.381. The molecule has 0 saturated carbocycles. The van der Waals surface area contributed by atoms with Gasteiger partial charge in [0.25, 0.3) is 0 Å². The second-order valence-electron chi connectivity index (χ2n) is 7.07. The van der Waals surface area contributed by atoms with Gasteiger partial charge in [-0.05, 0) is 40.8 Å². The molecule has 0 bridgehead atoms. The lowest BCUT2D eigenvalue weighted by Crippen LogP contribution is -2.45. The van der Waals surface area contributed by atoms with Crippen LogP contribution in [0.3, 0.4) is 0 Å². The maximum absolute atomic E-state index is 5.52. The second kappa shape index (κ2) is 9.02. The van der Waals surface area contributed by atoms with E-state index in [0.29, 0.717) is 0 Å². The quantitative estimate of drug-likeness (QED) is 0.607. The maximum Gasteiger partial charge on any atom is 0.170 e. The van der Waals surface area contributed by atoms with Crippen LogP contribution in [0.2, 0.25) is 0 Å². The van der Waals surface area contributed by atoms with E-state index < -0.39 is 0 Å². The van der Waals surface area contributed by atoms with E-state index >= 15 is 0 Å². The molecule has 0 aliphatic carbocycles. The summed E-state index contributed by atoms with van der Waals surface area (Å²) in [5.41, 5.74) is 2.13. The molecule has 0 radical (unpaired) electrons. The van der Waals surface area contributed by atoms with Crippen molar-refractivity contribution in [2.24, 2.45) is 0 Å². The fourth-order valence-electron chi connectivity index (χ4n) is 3.63. The monoisotopic (exact) mass is 394 g/mol. The molecule has 3 aromatic rings. The van der Waals surface area contributed by atoms with Crippen molar-refractivity contribution in [2.45, 2.75) is 13.1 Å². The van der Waals surface area contributed by atoms with Gasteiger partial charge in [0.05, 0.1) is 26.5 Å². The molecule has 0 spiro atoms. The molecule has 0 N–H and O–H groups in total. The molecule has 8 nitrogen and oxygen atoms in total. The summed E-state index contributed by atoms with van der Waals surface area (Å²) in [7, 11) is 3.40. The van der Waals surface area contributed by atoms with Crippen molar-refractivity contribution in [3.63, 3.8) is 0 Å². The highest BCUT2D eigenvalue weighted by Gasteiger charge is 2.21. The van der Waals surface area contributed by atoms with E-state index in [1.165, 1.54) is 0 Å². The molecule has 2 aromatic carbocycles. The molecule has 8 heteroatoms. The zero-order valence-electron chi connectivity index (χ0n) is 16.9. The van der Waals surface area contributed by atoms with Crippen molar-refractivity contribution in [2.75, 3.05) is 40.4 Å². The third kappa shape index (κ3) is 4.55. The van der Waals surface area contributed by atoms with E-state index in [1.54, 1.807) is 14.2 Å². The molecule has 0 amide bonds. The minimum Gasteiger partial charge on any atom is -0.497 e. The van der Waals surface area contributed by atoms with E-state index in [0.717, 1.165) is 67.8 Å². The first-order chi connectivity index (χ1) is 14.3. The van der Waals surface area contributed by atoms with Crippen LogP contribution >= 0.6 is 0 Å². The normalized spacial score (nSPS) is 15.4. The van der Waals surface area contributed by atoms with Crippen LogP contribution in [0.15, 0.2) is 48.5 Å². The summed E-state index contributed by atoms with van der Waals surface area (Å²) >= 11 is 0. The van der Waals surface area contributed by atoms with Crippen LogP contribution in [0.1, 0.15) is 11.4 Å². The summed E-state index contributed by atoms with van der Waals surface area (Å²) in [6, 6.07) is 16.0. The Morgan fingerprint density at radius 2 is 1.59 bits per heavy atom. The van der Waals surface area contributed by atoms with Gasteiger partial charge in [-0.2, -0.15) is 4.68 Å². The van der Waals surface area contributed by atoms with Crippen molar-refractivity contribution in [3.05, 3.63) is 59.9 Å². The minimum absolute atomic E-state index is 0.734. The zero-order chi connectivity index (χ0) is 20.1. The van der Waals surface area contributed by atoms with Crippen LogP contribution in [0.5, 0.6) is 11.5 Å². The van der Waals surface area contributed by atoms with E-state index in [-0.39, 0.29) is 0 Å². The van der Waals surface area contributed by atoms with Crippen molar-refractivity contribution in [1.82, 2.24) is 30.0 Å². The Morgan fingerprint density at radius 1 is 0.862 bits per heavy atom. The number of benzene rings is 2. The number of piperazine rings is 1. The summed E-state index contributed by atoms with van der Waals surface area (Å²) < 4.78 is 12.7. The highest BCUT2D eigenvalue weighted by molar-refractivity contribution is 5.40. The summed E-state index contributed by atoms with van der Waals surface area (Å²) in [5.74, 6) is 2.61. The molecule has 0 atom stereocenters. The van der Waals surface area contributed by atoms with Crippen LogP contribution in [-0.4, -0.2) is 70.4 Å². The van der Waals surface area contributed by atoms with E-state index in [9.17, 15) is 0 Å². The Balaban J connectivity index is 1.36. The average molecular weight is 394 g/mol. The molecule has 29 heavy (non-hydrogen) atoms. The molecule has 4 rings (SSSR count). The number of ether oxygens (including phenoxy) is 2. The lowest BCUT2D eigenvalue weighted by atomic mass is 10.1. The molecular weight excluding hydrogens is 368 g/mol. The topological polar surface area (TPSA) is 68.5 Å². The molecular formula is C21H26N6O2. The summed E-state index contributed by atoms with van der Waals surface area (Å²) in [5, 5.41) is 12.3. The third-order valence-electron chi connectivity index (χ3n) is 5.25. The molecule has 1 saturated heterocycles. The van der Waals surface area contributed by atoms with Gasteiger partial charge in [-0.15, -0.1) is 5.10 Å². The van der Waals surface area contributed by atoms with Gasteiger partial charge < -0.3 is 9.47 Å². The largest absolute Gasteiger partial charge is 0.497 e. The maximum atomic E-state index is 5.52. The Morgan fingerprint density at radius 3 is 2.28 bits per heavy atom. The fourth-order valence-corrected chi connectivity index (χ4v) is 3.63. The Bertz CT molecular complexity index is 922. The Hall–Kier alpha value is -2.97. The SMILES string of the molecule is COc1ccc(OC)c(CN2CCN(Cc3nnnn3-c3ccccc3)CC2)c1. The first-order valence-corrected chi connectivity index (χ1v) is 9.75. The Labute approximate surface area is 170 Å². The van der Waals surface area contributed by atoms with Crippen LogP contribution in [0.25, 0.3) is 5.69 Å². The molecule has 0 unspecified atom stereocenters. The van der Waals surface area contributed by atoms with Gasteiger partial charge in [0.1, 0.15) is 11.5 Å². The van der Waals surface area contributed by atoms with Crippen LogP contribution in [-0.2, 0) is 13.1 Å².